The summed E-state index contributed by atoms with van der Waals surface area (Å²) in [6.07, 6.45) is 4.93. The number of nitrogens with one attached hydrogen (secondary N) is 1. The van der Waals surface area contributed by atoms with E-state index >= 15 is 0 Å². The first-order valence-electron chi connectivity index (χ1n) is 9.84. The molecule has 2 heterocycles. The van der Waals surface area contributed by atoms with Crippen molar-refractivity contribution in [3.05, 3.63) is 58.8 Å². The van der Waals surface area contributed by atoms with E-state index in [4.69, 9.17) is 9.47 Å². The van der Waals surface area contributed by atoms with Gasteiger partial charge < -0.3 is 24.5 Å². The number of amides is 1. The van der Waals surface area contributed by atoms with E-state index in [1.165, 1.54) is 7.11 Å². The number of carbonyl (C=O) groups is 2. The van der Waals surface area contributed by atoms with Gasteiger partial charge >= 0.3 is 5.97 Å². The van der Waals surface area contributed by atoms with Gasteiger partial charge in [0.25, 0.3) is 0 Å². The minimum atomic E-state index is -1.04. The zero-order valence-corrected chi connectivity index (χ0v) is 17.0. The second-order valence-electron chi connectivity index (χ2n) is 7.43. The number of H-pyrrole nitrogens is 1. The van der Waals surface area contributed by atoms with E-state index in [0.29, 0.717) is 25.1 Å². The number of ether oxygens (including phenoxy) is 2. The summed E-state index contributed by atoms with van der Waals surface area (Å²) in [7, 11) is 3.11. The molecule has 3 aromatic rings. The molecule has 1 aliphatic rings. The Morgan fingerprint density at radius 1 is 1.27 bits per heavy atom. The predicted molar refractivity (Wildman–Crippen MR) is 112 cm³/mol. The van der Waals surface area contributed by atoms with E-state index in [-0.39, 0.29) is 11.6 Å². The van der Waals surface area contributed by atoms with Crippen molar-refractivity contribution >= 4 is 23.3 Å². The molecule has 2 aromatic carbocycles. The highest BCUT2D eigenvalue weighted by Gasteiger charge is 2.29. The van der Waals surface area contributed by atoms with Crippen LogP contribution in [-0.4, -0.2) is 48.1 Å². The minimum Gasteiger partial charge on any atom is -0.497 e. The number of fused-ring (bicyclic) bond motifs is 2. The molecule has 0 bridgehead atoms. The van der Waals surface area contributed by atoms with Crippen LogP contribution in [0.5, 0.6) is 11.5 Å². The number of carbonyl (C=O) groups excluding carboxylic acids is 1. The Bertz CT molecular complexity index is 1100. The lowest BCUT2D eigenvalue weighted by molar-refractivity contribution is -0.120. The number of hydrogen-bond donors (Lipinski definition) is 2. The van der Waals surface area contributed by atoms with Crippen molar-refractivity contribution in [3.8, 4) is 11.5 Å². The summed E-state index contributed by atoms with van der Waals surface area (Å²) in [5.41, 5.74) is 4.18. The number of aryl methyl sites for hydroxylation is 1. The molecule has 1 unspecified atom stereocenters. The van der Waals surface area contributed by atoms with E-state index in [1.807, 2.05) is 24.4 Å². The largest absolute Gasteiger partial charge is 0.497 e. The Hall–Kier alpha value is -3.48. The van der Waals surface area contributed by atoms with Gasteiger partial charge in [-0.3, -0.25) is 4.79 Å². The molecule has 0 fully saturated rings. The van der Waals surface area contributed by atoms with Crippen LogP contribution in [0.25, 0.3) is 10.9 Å². The zero-order chi connectivity index (χ0) is 21.3. The zero-order valence-electron chi connectivity index (χ0n) is 17.0. The van der Waals surface area contributed by atoms with Crippen molar-refractivity contribution in [2.24, 2.45) is 0 Å². The molecule has 0 saturated carbocycles. The minimum absolute atomic E-state index is 0.117. The highest BCUT2D eigenvalue weighted by molar-refractivity contribution is 5.91. The number of rotatable bonds is 7. The Labute approximate surface area is 174 Å². The van der Waals surface area contributed by atoms with Gasteiger partial charge in [-0.25, -0.2) is 4.79 Å². The maximum Gasteiger partial charge on any atom is 0.339 e. The van der Waals surface area contributed by atoms with Crippen molar-refractivity contribution in [1.82, 2.24) is 9.88 Å². The van der Waals surface area contributed by atoms with E-state index < -0.39 is 5.97 Å². The first kappa shape index (κ1) is 19.8. The third-order valence-corrected chi connectivity index (χ3v) is 5.89. The number of methoxy groups -OCH3 is 2. The number of aromatic amines is 1. The molecule has 7 heteroatoms. The van der Waals surface area contributed by atoms with Gasteiger partial charge in [-0.15, -0.1) is 0 Å². The number of aromatic nitrogens is 1. The lowest BCUT2D eigenvalue weighted by atomic mass is 9.87. The van der Waals surface area contributed by atoms with Crippen LogP contribution in [0.4, 0.5) is 0 Å². The number of hydrogen-bond acceptors (Lipinski definition) is 4. The smallest absolute Gasteiger partial charge is 0.339 e. The van der Waals surface area contributed by atoms with E-state index in [0.717, 1.165) is 46.2 Å². The molecule has 1 atom stereocenters. The third-order valence-electron chi connectivity index (χ3n) is 5.89. The van der Waals surface area contributed by atoms with E-state index in [1.54, 1.807) is 24.1 Å². The van der Waals surface area contributed by atoms with Crippen LogP contribution < -0.4 is 9.47 Å². The number of benzene rings is 2. The summed E-state index contributed by atoms with van der Waals surface area (Å²) >= 11 is 0. The first-order chi connectivity index (χ1) is 14.5. The molecule has 1 aliphatic heterocycles. The summed E-state index contributed by atoms with van der Waals surface area (Å²) in [5.74, 6) is 0.0997. The molecule has 0 aliphatic carbocycles. The Morgan fingerprint density at radius 3 is 2.80 bits per heavy atom. The fourth-order valence-corrected chi connectivity index (χ4v) is 4.32. The highest BCUT2D eigenvalue weighted by atomic mass is 16.5. The topological polar surface area (TPSA) is 91.9 Å². The van der Waals surface area contributed by atoms with Crippen molar-refractivity contribution in [2.45, 2.75) is 25.3 Å². The average Bonchev–Trinajstić information content (AvgIpc) is 3.18. The van der Waals surface area contributed by atoms with Gasteiger partial charge in [-0.1, -0.05) is 0 Å². The van der Waals surface area contributed by atoms with Crippen molar-refractivity contribution < 1.29 is 24.2 Å². The molecule has 0 spiro atoms. The van der Waals surface area contributed by atoms with Gasteiger partial charge in [0.1, 0.15) is 17.1 Å². The lowest BCUT2D eigenvalue weighted by Gasteiger charge is -2.35. The number of nitrogens with zero attached hydrogens (tertiary/aromatic N) is 1. The number of aromatic carboxylic acids is 1. The lowest BCUT2D eigenvalue weighted by Crippen LogP contribution is -2.35. The van der Waals surface area contributed by atoms with Gasteiger partial charge in [0.05, 0.1) is 20.3 Å². The first-order valence-corrected chi connectivity index (χ1v) is 9.84. The fraction of sp³-hybridized carbons (Fsp3) is 0.304. The third kappa shape index (κ3) is 3.47. The molecule has 1 amide bonds. The maximum atomic E-state index is 11.7. The molecule has 0 radical (unpaired) electrons. The molecule has 7 nitrogen and oxygen atoms in total. The summed E-state index contributed by atoms with van der Waals surface area (Å²) in [6, 6.07) is 9.16. The van der Waals surface area contributed by atoms with Crippen molar-refractivity contribution in [1.29, 1.82) is 0 Å². The Morgan fingerprint density at radius 2 is 2.10 bits per heavy atom. The maximum absolute atomic E-state index is 11.7. The molecule has 30 heavy (non-hydrogen) atoms. The van der Waals surface area contributed by atoms with E-state index in [9.17, 15) is 14.7 Å². The highest BCUT2D eigenvalue weighted by Crippen LogP contribution is 2.37. The molecule has 156 valence electrons. The second-order valence-corrected chi connectivity index (χ2v) is 7.43. The van der Waals surface area contributed by atoms with Crippen LogP contribution in [-0.2, 0) is 17.6 Å². The molecule has 2 N–H and O–H groups in total. The molecule has 1 aromatic heterocycles. The predicted octanol–water partition coefficient (Wildman–Crippen LogP) is 3.57. The van der Waals surface area contributed by atoms with E-state index in [2.05, 4.69) is 4.98 Å². The standard InChI is InChI=1S/C23H24N2O5/c1-29-16-4-5-20-17(10-16)15(12-24-20)3-6-21-18-11-19(23(27)28)22(30-2)9-14(18)7-8-25(21)13-26/h4-5,9-13,21,24H,3,6-8H2,1-2H3,(H,27,28). The SMILES string of the molecule is COc1ccc2[nH]cc(CCC3c4cc(C(=O)O)c(OC)cc4CCN3C=O)c2c1. The summed E-state index contributed by atoms with van der Waals surface area (Å²) in [5, 5.41) is 10.7. The van der Waals surface area contributed by atoms with Crippen LogP contribution in [0.2, 0.25) is 0 Å². The van der Waals surface area contributed by atoms with Crippen LogP contribution in [0.3, 0.4) is 0 Å². The number of carboxylic acid groups (broad SMARTS) is 1. The molecular weight excluding hydrogens is 384 g/mol. The quantitative estimate of drug-likeness (QED) is 0.583. The Balaban J connectivity index is 1.67. The average molecular weight is 408 g/mol. The van der Waals surface area contributed by atoms with Crippen LogP contribution >= 0.6 is 0 Å². The monoisotopic (exact) mass is 408 g/mol. The van der Waals surface area contributed by atoms with Gasteiger partial charge in [0.2, 0.25) is 6.41 Å². The summed E-state index contributed by atoms with van der Waals surface area (Å²) in [4.78, 5) is 28.5. The van der Waals surface area contributed by atoms with Gasteiger partial charge in [0, 0.05) is 23.6 Å². The summed E-state index contributed by atoms with van der Waals surface area (Å²) in [6.45, 7) is 0.596. The van der Waals surface area contributed by atoms with Crippen molar-refractivity contribution in [3.63, 3.8) is 0 Å². The van der Waals surface area contributed by atoms with Crippen molar-refractivity contribution in [2.75, 3.05) is 20.8 Å². The normalized spacial score (nSPS) is 15.7. The summed E-state index contributed by atoms with van der Waals surface area (Å²) < 4.78 is 10.6. The van der Waals surface area contributed by atoms with Crippen LogP contribution in [0, 0.1) is 0 Å². The second kappa shape index (κ2) is 8.10. The van der Waals surface area contributed by atoms with Crippen LogP contribution in [0.1, 0.15) is 39.5 Å². The van der Waals surface area contributed by atoms with Gasteiger partial charge in [0.15, 0.2) is 0 Å². The molecule has 0 saturated heterocycles. The fourth-order valence-electron chi connectivity index (χ4n) is 4.32. The van der Waals surface area contributed by atoms with Gasteiger partial charge in [-0.05, 0) is 66.3 Å². The molecule has 4 rings (SSSR count). The van der Waals surface area contributed by atoms with Crippen LogP contribution in [0.15, 0.2) is 36.5 Å². The Kier molecular flexibility index (Phi) is 5.35. The number of carboxylic acids is 1. The molecular formula is C23H24N2O5. The van der Waals surface area contributed by atoms with Gasteiger partial charge in [-0.2, -0.15) is 0 Å².